The lowest BCUT2D eigenvalue weighted by molar-refractivity contribution is 1.67. The van der Waals surface area contributed by atoms with Gasteiger partial charge in [-0.3, -0.25) is 0 Å². The summed E-state index contributed by atoms with van der Waals surface area (Å²) in [7, 11) is 0. The maximum atomic E-state index is 5.99. The quantitative estimate of drug-likeness (QED) is 0.609. The molecule has 0 unspecified atom stereocenters. The molecule has 0 bridgehead atoms. The van der Waals surface area contributed by atoms with Crippen molar-refractivity contribution in [3.8, 4) is 0 Å². The Balaban J connectivity index is 2.94. The smallest absolute Gasteiger partial charge is 0.0485 e. The van der Waals surface area contributed by atoms with E-state index in [1.807, 2.05) is 24.3 Å². The van der Waals surface area contributed by atoms with Crippen molar-refractivity contribution in [2.75, 3.05) is 0 Å². The molecule has 0 saturated carbocycles. The molecule has 0 N–H and O–H groups in total. The van der Waals surface area contributed by atoms with Crippen LogP contribution in [0.2, 0.25) is 10.0 Å². The molecule has 2 radical (unpaired) electrons. The van der Waals surface area contributed by atoms with Gasteiger partial charge in [0.15, 0.2) is 0 Å². The van der Waals surface area contributed by atoms with Crippen molar-refractivity contribution in [2.45, 2.75) is 0 Å². The topological polar surface area (TPSA) is 0 Å². The van der Waals surface area contributed by atoms with Gasteiger partial charge in [-0.05, 0) is 36.1 Å². The molecule has 0 aliphatic heterocycles. The summed E-state index contributed by atoms with van der Waals surface area (Å²) in [5.74, 6) is 0. The van der Waals surface area contributed by atoms with Gasteiger partial charge < -0.3 is 0 Å². The molecule has 2 aromatic rings. The van der Waals surface area contributed by atoms with Crippen LogP contribution in [0, 0.1) is 6.92 Å². The second-order valence-electron chi connectivity index (χ2n) is 2.83. The van der Waals surface area contributed by atoms with Gasteiger partial charge in [-0.15, -0.1) is 0 Å². The summed E-state index contributed by atoms with van der Waals surface area (Å²) in [6.07, 6.45) is 0. The van der Waals surface area contributed by atoms with E-state index in [2.05, 4.69) is 0 Å². The molecule has 2 heteroatoms. The van der Waals surface area contributed by atoms with Crippen LogP contribution in [0.3, 0.4) is 0 Å². The highest BCUT2D eigenvalue weighted by Gasteiger charge is 2.02. The van der Waals surface area contributed by atoms with Crippen molar-refractivity contribution >= 4 is 34.0 Å². The zero-order chi connectivity index (χ0) is 9.42. The van der Waals surface area contributed by atoms with Crippen LogP contribution < -0.4 is 0 Å². The van der Waals surface area contributed by atoms with Crippen molar-refractivity contribution in [2.24, 2.45) is 0 Å². The predicted octanol–water partition coefficient (Wildman–Crippen LogP) is 4.21. The molecule has 0 spiro atoms. The number of fused-ring (bicyclic) bond motifs is 1. The average molecular weight is 209 g/mol. The maximum absolute atomic E-state index is 5.99. The third-order valence-corrected chi connectivity index (χ3v) is 2.49. The van der Waals surface area contributed by atoms with Gasteiger partial charge in [0.1, 0.15) is 0 Å². The van der Waals surface area contributed by atoms with E-state index in [1.54, 1.807) is 6.07 Å². The van der Waals surface area contributed by atoms with E-state index in [1.165, 1.54) is 0 Å². The molecule has 0 nitrogen and oxygen atoms in total. The molecule has 0 heterocycles. The van der Waals surface area contributed by atoms with Gasteiger partial charge in [0.05, 0.1) is 0 Å². The summed E-state index contributed by atoms with van der Waals surface area (Å²) < 4.78 is 0. The second kappa shape index (κ2) is 3.21. The lowest BCUT2D eigenvalue weighted by Crippen LogP contribution is -1.79. The van der Waals surface area contributed by atoms with E-state index < -0.39 is 0 Å². The molecule has 0 aliphatic carbocycles. The van der Waals surface area contributed by atoms with Gasteiger partial charge in [-0.1, -0.05) is 35.3 Å². The highest BCUT2D eigenvalue weighted by Crippen LogP contribution is 2.28. The zero-order valence-corrected chi connectivity index (χ0v) is 8.23. The first kappa shape index (κ1) is 8.86. The largest absolute Gasteiger partial charge is 0.0843 e. The number of hydrogen-bond donors (Lipinski definition) is 0. The molecule has 2 rings (SSSR count). The van der Waals surface area contributed by atoms with Crippen molar-refractivity contribution in [3.05, 3.63) is 52.9 Å². The lowest BCUT2D eigenvalue weighted by Gasteiger charge is -2.03. The van der Waals surface area contributed by atoms with Crippen molar-refractivity contribution in [1.29, 1.82) is 0 Å². The summed E-state index contributed by atoms with van der Waals surface area (Å²) in [4.78, 5) is 0. The average Bonchev–Trinajstić information content (AvgIpc) is 2.07. The molecule has 0 saturated heterocycles. The maximum Gasteiger partial charge on any atom is 0.0485 e. The van der Waals surface area contributed by atoms with Crippen LogP contribution in [0.1, 0.15) is 5.56 Å². The van der Waals surface area contributed by atoms with Gasteiger partial charge in [-0.2, -0.15) is 0 Å². The first-order valence-corrected chi connectivity index (χ1v) is 4.57. The highest BCUT2D eigenvalue weighted by molar-refractivity contribution is 6.37. The molecule has 0 atom stereocenters. The van der Waals surface area contributed by atoms with E-state index in [9.17, 15) is 0 Å². The highest BCUT2D eigenvalue weighted by atomic mass is 35.5. The molecule has 13 heavy (non-hydrogen) atoms. The summed E-state index contributed by atoms with van der Waals surface area (Å²) in [6, 6.07) is 9.15. The first-order valence-electron chi connectivity index (χ1n) is 3.82. The van der Waals surface area contributed by atoms with Gasteiger partial charge in [0.25, 0.3) is 0 Å². The minimum absolute atomic E-state index is 0.609. The molecule has 0 fully saturated rings. The van der Waals surface area contributed by atoms with Crippen LogP contribution in [0.5, 0.6) is 0 Å². The lowest BCUT2D eigenvalue weighted by atomic mass is 10.1. The van der Waals surface area contributed by atoms with Gasteiger partial charge in [0, 0.05) is 15.4 Å². The minimum atomic E-state index is 0.609. The third kappa shape index (κ3) is 1.52. The van der Waals surface area contributed by atoms with Gasteiger partial charge in [-0.25, -0.2) is 0 Å². The number of rotatable bonds is 0. The Hall–Kier alpha value is -0.720. The van der Waals surface area contributed by atoms with Crippen LogP contribution in [-0.4, -0.2) is 0 Å². The normalized spacial score (nSPS) is 10.7. The van der Waals surface area contributed by atoms with Crippen LogP contribution in [0.25, 0.3) is 10.8 Å². The minimum Gasteiger partial charge on any atom is -0.0843 e. The Bertz CT molecular complexity index is 461. The summed E-state index contributed by atoms with van der Waals surface area (Å²) in [6.45, 7) is 5.78. The Morgan fingerprint density at radius 1 is 1.00 bits per heavy atom. The van der Waals surface area contributed by atoms with E-state index in [-0.39, 0.29) is 0 Å². The summed E-state index contributed by atoms with van der Waals surface area (Å²) >= 11 is 11.8. The Kier molecular flexibility index (Phi) is 2.19. The van der Waals surface area contributed by atoms with Crippen molar-refractivity contribution in [1.82, 2.24) is 0 Å². The predicted molar refractivity (Wildman–Crippen MR) is 57.4 cm³/mol. The van der Waals surface area contributed by atoms with Gasteiger partial charge >= 0.3 is 0 Å². The number of hydrogen-bond acceptors (Lipinski definition) is 0. The van der Waals surface area contributed by atoms with Crippen LogP contribution in [-0.2, 0) is 0 Å². The molecule has 0 aliphatic rings. The van der Waals surface area contributed by atoms with Crippen LogP contribution in [0.4, 0.5) is 0 Å². The van der Waals surface area contributed by atoms with Crippen molar-refractivity contribution < 1.29 is 0 Å². The summed E-state index contributed by atoms with van der Waals surface area (Å²) in [5, 5.41) is 3.12. The summed E-state index contributed by atoms with van der Waals surface area (Å²) in [5.41, 5.74) is 0.657. The van der Waals surface area contributed by atoms with E-state index in [0.717, 1.165) is 10.8 Å². The standard InChI is InChI=1S/C11H6Cl2/c1-7-5-8(12)6-10-9(7)3-2-4-11(10)13/h1-6H. The van der Waals surface area contributed by atoms with E-state index >= 15 is 0 Å². The second-order valence-corrected chi connectivity index (χ2v) is 3.67. The molecular formula is C11H6Cl2. The van der Waals surface area contributed by atoms with Crippen molar-refractivity contribution in [3.63, 3.8) is 0 Å². The fourth-order valence-corrected chi connectivity index (χ4v) is 1.80. The number of halogens is 2. The Morgan fingerprint density at radius 2 is 1.77 bits per heavy atom. The first-order chi connectivity index (χ1) is 6.18. The Morgan fingerprint density at radius 3 is 2.54 bits per heavy atom. The van der Waals surface area contributed by atoms with Gasteiger partial charge in [0.2, 0.25) is 0 Å². The zero-order valence-electron chi connectivity index (χ0n) is 6.72. The third-order valence-electron chi connectivity index (χ3n) is 1.94. The molecule has 2 aromatic carbocycles. The molecule has 0 aromatic heterocycles. The fraction of sp³-hybridized carbons (Fsp3) is 0. The van der Waals surface area contributed by atoms with Crippen LogP contribution in [0.15, 0.2) is 30.3 Å². The Labute approximate surface area is 87.1 Å². The SMILES string of the molecule is [CH]c1cc(Cl)cc2c(Cl)cccc12. The molecular weight excluding hydrogens is 203 g/mol. The fourth-order valence-electron chi connectivity index (χ4n) is 1.34. The van der Waals surface area contributed by atoms with E-state index in [0.29, 0.717) is 15.6 Å². The van der Waals surface area contributed by atoms with Crippen LogP contribution >= 0.6 is 23.2 Å². The monoisotopic (exact) mass is 208 g/mol. The van der Waals surface area contributed by atoms with E-state index in [4.69, 9.17) is 30.1 Å². The molecule has 64 valence electrons. The molecule has 0 amide bonds. The number of benzene rings is 2.